The van der Waals surface area contributed by atoms with Crippen LogP contribution in [0.2, 0.25) is 0 Å². The average Bonchev–Trinajstić information content (AvgIpc) is 3.34. The molecule has 0 N–H and O–H groups in total. The number of hydrogen-bond acceptors (Lipinski definition) is 6. The normalized spacial score (nSPS) is 13.9. The molecule has 0 atom stereocenters. The van der Waals surface area contributed by atoms with E-state index in [2.05, 4.69) is 36.9 Å². The third-order valence-electron chi connectivity index (χ3n) is 4.67. The molecule has 0 aromatic carbocycles. The van der Waals surface area contributed by atoms with Gasteiger partial charge in [-0.25, -0.2) is 14.2 Å². The third-order valence-corrected chi connectivity index (χ3v) is 4.67. The maximum absolute atomic E-state index is 5.45. The molecule has 0 unspecified atom stereocenters. The van der Waals surface area contributed by atoms with Crippen molar-refractivity contribution in [2.24, 2.45) is 7.05 Å². The molecule has 0 amide bonds. The van der Waals surface area contributed by atoms with E-state index in [1.54, 1.807) is 22.4 Å². The molecule has 0 aliphatic carbocycles. The maximum Gasteiger partial charge on any atom is 0.245 e. The van der Waals surface area contributed by atoms with Gasteiger partial charge in [-0.2, -0.15) is 10.1 Å². The summed E-state index contributed by atoms with van der Waals surface area (Å²) in [6, 6.07) is 1.80. The topological polar surface area (TPSA) is 73.4 Å². The fourth-order valence-electron chi connectivity index (χ4n) is 3.07. The Labute approximate surface area is 151 Å². The van der Waals surface area contributed by atoms with E-state index in [1.807, 2.05) is 20.9 Å². The van der Waals surface area contributed by atoms with Gasteiger partial charge in [-0.3, -0.25) is 0 Å². The molecule has 0 spiro atoms. The van der Waals surface area contributed by atoms with E-state index in [9.17, 15) is 0 Å². The summed E-state index contributed by atoms with van der Waals surface area (Å²) in [5.74, 6) is 8.17. The molecular formula is C18H21N7O. The van der Waals surface area contributed by atoms with Gasteiger partial charge in [0.2, 0.25) is 11.8 Å². The Bertz CT molecular complexity index is 1030. The quantitative estimate of drug-likeness (QED) is 0.651. The number of hydrogen-bond donors (Lipinski definition) is 0. The largest absolute Gasteiger partial charge is 0.493 e. The van der Waals surface area contributed by atoms with Crippen molar-refractivity contribution in [2.45, 2.75) is 26.7 Å². The van der Waals surface area contributed by atoms with Gasteiger partial charge in [0.05, 0.1) is 18.5 Å². The molecule has 0 radical (unpaired) electrons. The molecule has 8 heteroatoms. The van der Waals surface area contributed by atoms with Crippen LogP contribution in [-0.4, -0.2) is 49.6 Å². The van der Waals surface area contributed by atoms with Crippen molar-refractivity contribution in [3.8, 4) is 17.6 Å². The fourth-order valence-corrected chi connectivity index (χ4v) is 3.07. The summed E-state index contributed by atoms with van der Waals surface area (Å²) in [6.45, 7) is 5.94. The van der Waals surface area contributed by atoms with Gasteiger partial charge in [-0.05, 0) is 38.5 Å². The van der Waals surface area contributed by atoms with Crippen LogP contribution in [0.1, 0.15) is 35.7 Å². The van der Waals surface area contributed by atoms with Crippen molar-refractivity contribution in [3.05, 3.63) is 29.0 Å². The SMILES string of the molecule is COc1cc(C#Cc2nc(N3CCCC3)nn2C)nn2c(C)c(C)nc12. The van der Waals surface area contributed by atoms with Gasteiger partial charge in [-0.15, -0.1) is 5.10 Å². The van der Waals surface area contributed by atoms with Crippen LogP contribution in [0.25, 0.3) is 5.65 Å². The minimum absolute atomic E-state index is 0.598. The maximum atomic E-state index is 5.45. The molecule has 26 heavy (non-hydrogen) atoms. The van der Waals surface area contributed by atoms with Gasteiger partial charge < -0.3 is 9.64 Å². The number of nitrogens with zero attached hydrogens (tertiary/aromatic N) is 7. The van der Waals surface area contributed by atoms with Gasteiger partial charge >= 0.3 is 0 Å². The Balaban J connectivity index is 1.71. The lowest BCUT2D eigenvalue weighted by Gasteiger charge is -2.10. The summed E-state index contributed by atoms with van der Waals surface area (Å²) in [5, 5.41) is 9.04. The fraction of sp³-hybridized carbons (Fsp3) is 0.444. The third kappa shape index (κ3) is 2.75. The number of aryl methyl sites for hydroxylation is 3. The number of rotatable bonds is 2. The van der Waals surface area contributed by atoms with Crippen LogP contribution in [0.4, 0.5) is 5.95 Å². The second-order valence-corrected chi connectivity index (χ2v) is 6.42. The minimum Gasteiger partial charge on any atom is -0.493 e. The van der Waals surface area contributed by atoms with Crippen molar-refractivity contribution in [2.75, 3.05) is 25.1 Å². The molecule has 3 aromatic rings. The molecule has 134 valence electrons. The second kappa shape index (κ2) is 6.33. The zero-order valence-electron chi connectivity index (χ0n) is 15.4. The van der Waals surface area contributed by atoms with Crippen LogP contribution in [0.15, 0.2) is 6.07 Å². The first-order chi connectivity index (χ1) is 12.6. The zero-order valence-corrected chi connectivity index (χ0v) is 15.4. The van der Waals surface area contributed by atoms with Gasteiger partial charge in [0.15, 0.2) is 11.4 Å². The Hall–Kier alpha value is -3.08. The smallest absolute Gasteiger partial charge is 0.245 e. The van der Waals surface area contributed by atoms with E-state index in [1.165, 1.54) is 12.8 Å². The number of fused-ring (bicyclic) bond motifs is 1. The number of ether oxygens (including phenoxy) is 1. The molecule has 4 rings (SSSR count). The van der Waals surface area contributed by atoms with Crippen LogP contribution in [-0.2, 0) is 7.05 Å². The van der Waals surface area contributed by atoms with E-state index in [0.717, 1.165) is 30.4 Å². The van der Waals surface area contributed by atoms with Crippen LogP contribution >= 0.6 is 0 Å². The van der Waals surface area contributed by atoms with Crippen LogP contribution in [0.5, 0.6) is 5.75 Å². The summed E-state index contributed by atoms with van der Waals surface area (Å²) in [6.07, 6.45) is 2.37. The summed E-state index contributed by atoms with van der Waals surface area (Å²) >= 11 is 0. The Morgan fingerprint density at radius 3 is 2.58 bits per heavy atom. The molecule has 0 bridgehead atoms. The summed E-state index contributed by atoms with van der Waals surface area (Å²) in [5.41, 5.74) is 3.19. The molecule has 1 saturated heterocycles. The van der Waals surface area contributed by atoms with Crippen molar-refractivity contribution in [1.82, 2.24) is 29.4 Å². The monoisotopic (exact) mass is 351 g/mol. The van der Waals surface area contributed by atoms with Crippen molar-refractivity contribution in [3.63, 3.8) is 0 Å². The highest BCUT2D eigenvalue weighted by Crippen LogP contribution is 2.21. The van der Waals surface area contributed by atoms with E-state index < -0.39 is 0 Å². The van der Waals surface area contributed by atoms with Gasteiger partial charge in [0.1, 0.15) is 5.69 Å². The summed E-state index contributed by atoms with van der Waals surface area (Å²) in [7, 11) is 3.48. The lowest BCUT2D eigenvalue weighted by Crippen LogP contribution is -2.19. The molecule has 1 aliphatic heterocycles. The molecule has 3 aromatic heterocycles. The average molecular weight is 351 g/mol. The predicted molar refractivity (Wildman–Crippen MR) is 97.4 cm³/mol. The number of imidazole rings is 1. The van der Waals surface area contributed by atoms with E-state index in [-0.39, 0.29) is 0 Å². The number of aromatic nitrogens is 6. The highest BCUT2D eigenvalue weighted by atomic mass is 16.5. The van der Waals surface area contributed by atoms with E-state index in [4.69, 9.17) is 4.74 Å². The lowest BCUT2D eigenvalue weighted by molar-refractivity contribution is 0.415. The molecule has 0 saturated carbocycles. The summed E-state index contributed by atoms with van der Waals surface area (Å²) in [4.78, 5) is 11.2. The van der Waals surface area contributed by atoms with Gasteiger partial charge in [0, 0.05) is 26.2 Å². The molecule has 1 aliphatic rings. The van der Waals surface area contributed by atoms with Crippen molar-refractivity contribution < 1.29 is 4.74 Å². The van der Waals surface area contributed by atoms with Crippen LogP contribution in [0, 0.1) is 25.7 Å². The highest BCUT2D eigenvalue weighted by Gasteiger charge is 2.17. The molecule has 4 heterocycles. The Kier molecular flexibility index (Phi) is 3.99. The highest BCUT2D eigenvalue weighted by molar-refractivity contribution is 5.57. The lowest BCUT2D eigenvalue weighted by atomic mass is 10.3. The standard InChI is InChI=1S/C18H21N7O/c1-12-13(2)25-17(19-12)15(26-4)11-14(21-25)7-8-16-20-18(22-23(16)3)24-9-5-6-10-24/h11H,5-6,9-10H2,1-4H3. The number of anilines is 1. The first-order valence-corrected chi connectivity index (χ1v) is 8.66. The predicted octanol–water partition coefficient (Wildman–Crippen LogP) is 1.48. The van der Waals surface area contributed by atoms with E-state index in [0.29, 0.717) is 22.9 Å². The first-order valence-electron chi connectivity index (χ1n) is 8.66. The van der Waals surface area contributed by atoms with Crippen molar-refractivity contribution >= 4 is 11.6 Å². The summed E-state index contributed by atoms with van der Waals surface area (Å²) < 4.78 is 8.93. The Morgan fingerprint density at radius 2 is 1.85 bits per heavy atom. The number of methoxy groups -OCH3 is 1. The van der Waals surface area contributed by atoms with Gasteiger partial charge in [0.25, 0.3) is 0 Å². The van der Waals surface area contributed by atoms with Crippen LogP contribution < -0.4 is 9.64 Å². The second-order valence-electron chi connectivity index (χ2n) is 6.42. The van der Waals surface area contributed by atoms with Crippen LogP contribution in [0.3, 0.4) is 0 Å². The zero-order chi connectivity index (χ0) is 18.3. The first kappa shape index (κ1) is 16.4. The van der Waals surface area contributed by atoms with E-state index >= 15 is 0 Å². The Morgan fingerprint density at radius 1 is 1.08 bits per heavy atom. The molecular weight excluding hydrogens is 330 g/mol. The van der Waals surface area contributed by atoms with Crippen molar-refractivity contribution in [1.29, 1.82) is 0 Å². The minimum atomic E-state index is 0.598. The molecule has 1 fully saturated rings. The van der Waals surface area contributed by atoms with Gasteiger partial charge in [-0.1, -0.05) is 0 Å². The molecule has 8 nitrogen and oxygen atoms in total.